The third-order valence-corrected chi connectivity index (χ3v) is 8.63. The second-order valence-corrected chi connectivity index (χ2v) is 11.6. The summed E-state index contributed by atoms with van der Waals surface area (Å²) in [4.78, 5) is 38.7. The number of halogens is 2. The summed E-state index contributed by atoms with van der Waals surface area (Å²) in [6.45, 7) is 1.75. The van der Waals surface area contributed by atoms with Gasteiger partial charge in [-0.05, 0) is 63.3 Å². The highest BCUT2D eigenvalue weighted by molar-refractivity contribution is 6.29. The molecule has 3 heterocycles. The first kappa shape index (κ1) is 24.2. The van der Waals surface area contributed by atoms with Crippen LogP contribution in [0.1, 0.15) is 84.6 Å². The predicted octanol–water partition coefficient (Wildman–Crippen LogP) is 4.63. The van der Waals surface area contributed by atoms with Crippen LogP contribution in [0.4, 0.5) is 10.1 Å². The van der Waals surface area contributed by atoms with E-state index in [1.807, 2.05) is 0 Å². The Morgan fingerprint density at radius 3 is 2.64 bits per heavy atom. The molecule has 1 atom stereocenters. The molecule has 39 heavy (non-hydrogen) atoms. The smallest absolute Gasteiger partial charge is 0.356 e. The Morgan fingerprint density at radius 1 is 1.21 bits per heavy atom. The molecule has 0 aliphatic heterocycles. The second kappa shape index (κ2) is 8.08. The molecule has 0 saturated heterocycles. The maximum absolute atomic E-state index is 14.7. The van der Waals surface area contributed by atoms with E-state index in [2.05, 4.69) is 20.4 Å². The molecular formula is C27H24ClFN6O4. The number of nitrogens with zero attached hydrogens (tertiary/aromatic N) is 5. The summed E-state index contributed by atoms with van der Waals surface area (Å²) in [5.41, 5.74) is -0.0486. The fourth-order valence-corrected chi connectivity index (χ4v) is 6.55. The van der Waals surface area contributed by atoms with E-state index in [9.17, 15) is 19.1 Å². The highest BCUT2D eigenvalue weighted by atomic mass is 35.5. The average Bonchev–Trinajstić information content (AvgIpc) is 3.59. The van der Waals surface area contributed by atoms with Crippen molar-refractivity contribution in [1.82, 2.24) is 24.7 Å². The molecule has 0 amide bonds. The Hall–Kier alpha value is -3.86. The maximum atomic E-state index is 14.7. The molecule has 10 nitrogen and oxygen atoms in total. The van der Waals surface area contributed by atoms with E-state index in [0.29, 0.717) is 28.7 Å². The van der Waals surface area contributed by atoms with E-state index in [1.54, 1.807) is 14.0 Å². The summed E-state index contributed by atoms with van der Waals surface area (Å²) in [6.07, 6.45) is 4.45. The van der Waals surface area contributed by atoms with Crippen molar-refractivity contribution in [3.05, 3.63) is 74.4 Å². The Morgan fingerprint density at radius 2 is 1.95 bits per heavy atom. The van der Waals surface area contributed by atoms with Crippen LogP contribution < -0.4 is 10.9 Å². The van der Waals surface area contributed by atoms with E-state index >= 15 is 0 Å². The van der Waals surface area contributed by atoms with Crippen LogP contribution in [0.5, 0.6) is 0 Å². The third-order valence-electron chi connectivity index (χ3n) is 8.42. The lowest BCUT2D eigenvalue weighted by Crippen LogP contribution is -2.68. The first-order chi connectivity index (χ1) is 18.6. The fraction of sp³-hybridized carbons (Fsp3) is 0.407. The molecule has 4 aliphatic carbocycles. The molecule has 4 aromatic rings. The average molecular weight is 551 g/mol. The summed E-state index contributed by atoms with van der Waals surface area (Å²) in [6, 6.07) is 4.88. The number of aromatic nitrogens is 5. The van der Waals surface area contributed by atoms with Crippen molar-refractivity contribution in [3.63, 3.8) is 0 Å². The zero-order valence-electron chi connectivity index (χ0n) is 21.2. The summed E-state index contributed by atoms with van der Waals surface area (Å²) < 4.78 is 21.9. The van der Waals surface area contributed by atoms with Crippen LogP contribution in [-0.2, 0) is 17.9 Å². The van der Waals surface area contributed by atoms with Crippen molar-refractivity contribution in [2.45, 2.75) is 61.8 Å². The van der Waals surface area contributed by atoms with Gasteiger partial charge in [0.15, 0.2) is 11.5 Å². The van der Waals surface area contributed by atoms with Gasteiger partial charge in [0.2, 0.25) is 5.89 Å². The number of nitrogens with one attached hydrogen (secondary N) is 1. The molecule has 1 aromatic carbocycles. The first-order valence-electron chi connectivity index (χ1n) is 12.8. The van der Waals surface area contributed by atoms with Crippen LogP contribution in [0.2, 0.25) is 5.15 Å². The summed E-state index contributed by atoms with van der Waals surface area (Å²) in [7, 11) is 1.67. The molecule has 0 spiro atoms. The molecular weight excluding hydrogens is 527 g/mol. The molecule has 4 saturated carbocycles. The van der Waals surface area contributed by atoms with Gasteiger partial charge in [-0.2, -0.15) is 4.98 Å². The quantitative estimate of drug-likeness (QED) is 0.316. The van der Waals surface area contributed by atoms with Crippen LogP contribution in [0.15, 0.2) is 33.6 Å². The van der Waals surface area contributed by atoms with Gasteiger partial charge in [0.25, 0.3) is 5.56 Å². The van der Waals surface area contributed by atoms with Crippen molar-refractivity contribution in [3.8, 4) is 0 Å². The number of benzene rings is 1. The summed E-state index contributed by atoms with van der Waals surface area (Å²) in [5, 5.41) is 17.0. The summed E-state index contributed by atoms with van der Waals surface area (Å²) >= 11 is 5.88. The van der Waals surface area contributed by atoms with Gasteiger partial charge in [-0.15, -0.1) is 0 Å². The second-order valence-electron chi connectivity index (χ2n) is 11.2. The fourth-order valence-electron chi connectivity index (χ4n) is 6.41. The first-order valence-corrected chi connectivity index (χ1v) is 13.2. The minimum atomic E-state index is -1.26. The highest BCUT2D eigenvalue weighted by Crippen LogP contribution is 2.73. The van der Waals surface area contributed by atoms with Gasteiger partial charge in [0.1, 0.15) is 16.8 Å². The Balaban J connectivity index is 1.25. The number of anilines is 1. The van der Waals surface area contributed by atoms with Gasteiger partial charge in [0.05, 0.1) is 28.0 Å². The highest BCUT2D eigenvalue weighted by Gasteiger charge is 2.73. The Bertz CT molecular complexity index is 1740. The van der Waals surface area contributed by atoms with Gasteiger partial charge in [0, 0.05) is 23.9 Å². The minimum absolute atomic E-state index is 0.0391. The number of rotatable bonds is 7. The monoisotopic (exact) mass is 550 g/mol. The zero-order valence-corrected chi connectivity index (χ0v) is 21.9. The molecule has 0 radical (unpaired) electrons. The van der Waals surface area contributed by atoms with Crippen molar-refractivity contribution in [2.75, 3.05) is 5.32 Å². The van der Waals surface area contributed by atoms with Crippen LogP contribution in [0, 0.1) is 5.82 Å². The van der Waals surface area contributed by atoms with Gasteiger partial charge in [-0.25, -0.2) is 19.2 Å². The minimum Gasteiger partial charge on any atom is -0.476 e. The van der Waals surface area contributed by atoms with E-state index in [4.69, 9.17) is 21.1 Å². The van der Waals surface area contributed by atoms with Crippen LogP contribution in [-0.4, -0.2) is 35.8 Å². The van der Waals surface area contributed by atoms with Crippen molar-refractivity contribution in [1.29, 1.82) is 0 Å². The standard InChI is InChI=1S/C27H24ClFN6O4/c1-12(30-17-5-6-18(28)31-20(17)23(37)38)15-7-14(29)8-16-19(15)32-24(35(2)22(16)36)26-9-27(10-26,11-26)25-33-21(34-39-25)13-3-4-13/h5-8,12-13,30H,3-4,9-11H2,1-2H3,(H,37,38)/t12-,26?,27?/m1/s1. The van der Waals surface area contributed by atoms with E-state index in [-0.39, 0.29) is 38.3 Å². The molecule has 2 bridgehead atoms. The topological polar surface area (TPSA) is 136 Å². The van der Waals surface area contributed by atoms with Crippen LogP contribution in [0.25, 0.3) is 10.9 Å². The lowest BCUT2D eigenvalue weighted by molar-refractivity contribution is -0.0966. The van der Waals surface area contributed by atoms with Crippen molar-refractivity contribution < 1.29 is 18.8 Å². The molecule has 0 unspecified atom stereocenters. The van der Waals surface area contributed by atoms with E-state index in [1.165, 1.54) is 28.8 Å². The molecule has 200 valence electrons. The zero-order chi connectivity index (χ0) is 27.3. The van der Waals surface area contributed by atoms with Gasteiger partial charge in [-0.1, -0.05) is 16.8 Å². The molecule has 4 aliphatic rings. The SMILES string of the molecule is C[C@@H](Nc1ccc(Cl)nc1C(=O)O)c1cc(F)cc2c(=O)n(C)c(C34CC(c5nc(C6CC6)no5)(C3)C4)nc12. The largest absolute Gasteiger partial charge is 0.476 e. The Kier molecular flexibility index (Phi) is 5.01. The van der Waals surface area contributed by atoms with E-state index < -0.39 is 17.8 Å². The lowest BCUT2D eigenvalue weighted by atomic mass is 9.34. The number of fused-ring (bicyclic) bond motifs is 1. The van der Waals surface area contributed by atoms with Gasteiger partial charge >= 0.3 is 5.97 Å². The molecule has 2 N–H and O–H groups in total. The number of carbonyl (C=O) groups is 1. The number of carboxylic acid groups (broad SMARTS) is 1. The maximum Gasteiger partial charge on any atom is 0.356 e. The molecule has 4 fully saturated rings. The number of aromatic carboxylic acids is 1. The van der Waals surface area contributed by atoms with Crippen LogP contribution in [0.3, 0.4) is 0 Å². The van der Waals surface area contributed by atoms with Crippen molar-refractivity contribution in [2.24, 2.45) is 7.05 Å². The van der Waals surface area contributed by atoms with Crippen LogP contribution >= 0.6 is 11.6 Å². The molecule has 8 rings (SSSR count). The van der Waals surface area contributed by atoms with Gasteiger partial charge < -0.3 is 14.9 Å². The molecule has 3 aromatic heterocycles. The predicted molar refractivity (Wildman–Crippen MR) is 139 cm³/mol. The lowest BCUT2D eigenvalue weighted by Gasteiger charge is -2.68. The normalized spacial score (nSPS) is 24.2. The summed E-state index contributed by atoms with van der Waals surface area (Å²) in [5.74, 6) is 0.671. The van der Waals surface area contributed by atoms with Crippen molar-refractivity contribution >= 4 is 34.2 Å². The number of carboxylic acids is 1. The number of hydrogen-bond donors (Lipinski definition) is 2. The van der Waals surface area contributed by atoms with E-state index in [0.717, 1.165) is 37.9 Å². The Labute approximate surface area is 226 Å². The number of pyridine rings is 1. The van der Waals surface area contributed by atoms with Gasteiger partial charge in [-0.3, -0.25) is 9.36 Å². The third kappa shape index (κ3) is 3.59. The molecule has 12 heteroatoms. The number of hydrogen-bond acceptors (Lipinski definition) is 8.